The van der Waals surface area contributed by atoms with Crippen LogP contribution >= 0.6 is 24.2 Å². The molecule has 10 heteroatoms. The van der Waals surface area contributed by atoms with Crippen LogP contribution < -0.4 is 4.74 Å². The Kier molecular flexibility index (Phi) is 10.8. The Morgan fingerprint density at radius 2 is 1.89 bits per heavy atom. The third-order valence-corrected chi connectivity index (χ3v) is 8.53. The molecule has 8 nitrogen and oxygen atoms in total. The highest BCUT2D eigenvalue weighted by atomic mass is 35.5. The Bertz CT molecular complexity index is 1640. The molecule has 2 fully saturated rings. The van der Waals surface area contributed by atoms with Crippen LogP contribution in [0.25, 0.3) is 11.0 Å². The number of carbonyl (C=O) groups is 1. The molecule has 1 unspecified atom stereocenters. The van der Waals surface area contributed by atoms with E-state index in [0.717, 1.165) is 74.3 Å². The van der Waals surface area contributed by atoms with Crippen molar-refractivity contribution in [1.29, 1.82) is 5.26 Å². The molecule has 0 amide bonds. The van der Waals surface area contributed by atoms with Gasteiger partial charge < -0.3 is 19.1 Å². The van der Waals surface area contributed by atoms with E-state index in [2.05, 4.69) is 46.4 Å². The van der Waals surface area contributed by atoms with Gasteiger partial charge in [0.05, 0.1) is 41.4 Å². The van der Waals surface area contributed by atoms with E-state index in [1.165, 1.54) is 5.56 Å². The minimum absolute atomic E-state index is 0.154. The second-order valence-corrected chi connectivity index (χ2v) is 11.6. The van der Waals surface area contributed by atoms with E-state index in [9.17, 15) is 15.2 Å². The maximum Gasteiger partial charge on any atom is 0.335 e. The number of fused-ring (bicyclic) bond motifs is 1. The summed E-state index contributed by atoms with van der Waals surface area (Å²) in [4.78, 5) is 19.0. The van der Waals surface area contributed by atoms with Gasteiger partial charge in [-0.15, -0.1) is 0 Å². The number of carboxylic acids is 1. The maximum atomic E-state index is 11.6. The number of aromatic carboxylic acids is 1. The van der Waals surface area contributed by atoms with Crippen LogP contribution in [0.5, 0.6) is 5.75 Å². The monoisotopic (exact) mass is 632 g/mol. The molecule has 0 aliphatic carbocycles. The average Bonchev–Trinajstić information content (AvgIpc) is 3.36. The van der Waals surface area contributed by atoms with Crippen LogP contribution in [-0.2, 0) is 30.9 Å². The van der Waals surface area contributed by atoms with Gasteiger partial charge in [0.2, 0.25) is 0 Å². The fourth-order valence-corrected chi connectivity index (χ4v) is 6.04. The topological polar surface area (TPSA) is 101 Å². The molecule has 2 aliphatic heterocycles. The summed E-state index contributed by atoms with van der Waals surface area (Å²) in [6, 6.07) is 20.9. The van der Waals surface area contributed by atoms with Crippen LogP contribution in [0.3, 0.4) is 0 Å². The maximum absolute atomic E-state index is 11.6. The summed E-state index contributed by atoms with van der Waals surface area (Å²) in [5.41, 5.74) is 4.76. The van der Waals surface area contributed by atoms with Crippen LogP contribution in [0.1, 0.15) is 52.1 Å². The van der Waals surface area contributed by atoms with E-state index in [1.54, 1.807) is 36.6 Å². The molecule has 0 bridgehead atoms. The Morgan fingerprint density at radius 1 is 1.11 bits per heavy atom. The fraction of sp³-hybridized carbons (Fsp3) is 0.382. The van der Waals surface area contributed by atoms with Crippen LogP contribution in [0, 0.1) is 17.2 Å². The highest BCUT2D eigenvalue weighted by molar-refractivity contribution is 7.79. The van der Waals surface area contributed by atoms with Crippen molar-refractivity contribution in [2.75, 3.05) is 26.0 Å². The summed E-state index contributed by atoms with van der Waals surface area (Å²) in [6.07, 6.45) is 6.08. The number of imidazole rings is 1. The average molecular weight is 633 g/mol. The lowest BCUT2D eigenvalue weighted by molar-refractivity contribution is -0.0592. The summed E-state index contributed by atoms with van der Waals surface area (Å²) in [6.45, 7) is 4.58. The molecule has 6 rings (SSSR count). The first-order chi connectivity index (χ1) is 21.4. The van der Waals surface area contributed by atoms with Crippen LogP contribution in [0.15, 0.2) is 60.7 Å². The number of thiol groups is 1. The second-order valence-electron chi connectivity index (χ2n) is 11.2. The standard InChI is InChI=1S/C33H33ClN4O4.CH4S/c34-27-5-7-31(26(16-27)18-35)42-21-24-3-1-2-23(15-24)14-22-8-11-37(12-9-22)20-32-36-29-6-4-25(33(39)40)17-30(29)38(32)19-28-10-13-41-28;1-2/h1-7,15-17,22,28H,8-14,19-21H2,(H,39,40);2H,1H3. The normalized spacial score (nSPS) is 16.9. The largest absolute Gasteiger partial charge is 0.488 e. The van der Waals surface area contributed by atoms with Crippen LogP contribution in [-0.4, -0.2) is 57.6 Å². The van der Waals surface area contributed by atoms with Crippen molar-refractivity contribution < 1.29 is 19.4 Å². The number of rotatable bonds is 10. The van der Waals surface area contributed by atoms with Crippen molar-refractivity contribution >= 4 is 41.2 Å². The van der Waals surface area contributed by atoms with Crippen molar-refractivity contribution in [2.24, 2.45) is 5.92 Å². The van der Waals surface area contributed by atoms with Gasteiger partial charge >= 0.3 is 5.97 Å². The van der Waals surface area contributed by atoms with E-state index >= 15 is 0 Å². The quantitative estimate of drug-likeness (QED) is 0.189. The molecule has 230 valence electrons. The molecule has 2 saturated heterocycles. The number of nitriles is 1. The molecule has 4 aromatic rings. The molecule has 0 radical (unpaired) electrons. The lowest BCUT2D eigenvalue weighted by atomic mass is 9.89. The van der Waals surface area contributed by atoms with E-state index in [4.69, 9.17) is 26.1 Å². The molecular weight excluding hydrogens is 596 g/mol. The molecule has 0 spiro atoms. The van der Waals surface area contributed by atoms with Crippen LogP contribution in [0.2, 0.25) is 5.02 Å². The minimum atomic E-state index is -0.930. The van der Waals surface area contributed by atoms with Gasteiger partial charge in [0.25, 0.3) is 0 Å². The summed E-state index contributed by atoms with van der Waals surface area (Å²) in [5.74, 6) is 1.17. The number of aromatic nitrogens is 2. The molecular formula is C34H37ClN4O4S. The van der Waals surface area contributed by atoms with Crippen molar-refractivity contribution in [3.05, 3.63) is 93.8 Å². The second kappa shape index (κ2) is 15.0. The summed E-state index contributed by atoms with van der Waals surface area (Å²) < 4.78 is 13.8. The molecule has 3 heterocycles. The molecule has 44 heavy (non-hydrogen) atoms. The molecule has 2 aliphatic rings. The van der Waals surface area contributed by atoms with Gasteiger partial charge in [-0.25, -0.2) is 9.78 Å². The number of piperidine rings is 1. The molecule has 0 saturated carbocycles. The zero-order valence-electron chi connectivity index (χ0n) is 24.8. The lowest BCUT2D eigenvalue weighted by Gasteiger charge is -2.32. The first-order valence-electron chi connectivity index (χ1n) is 14.9. The number of carboxylic acid groups (broad SMARTS) is 1. The third kappa shape index (κ3) is 7.74. The fourth-order valence-electron chi connectivity index (χ4n) is 5.87. The lowest BCUT2D eigenvalue weighted by Crippen LogP contribution is -2.36. The smallest absolute Gasteiger partial charge is 0.335 e. The minimum Gasteiger partial charge on any atom is -0.488 e. The third-order valence-electron chi connectivity index (χ3n) is 8.30. The van der Waals surface area contributed by atoms with E-state index in [0.29, 0.717) is 35.4 Å². The summed E-state index contributed by atoms with van der Waals surface area (Å²) >= 11 is 9.53. The van der Waals surface area contributed by atoms with Gasteiger partial charge in [-0.3, -0.25) is 4.90 Å². The number of nitrogens with zero attached hydrogens (tertiary/aromatic N) is 4. The number of likely N-dealkylation sites (tertiary alicyclic amines) is 1. The van der Waals surface area contributed by atoms with Crippen molar-refractivity contribution in [2.45, 2.75) is 51.5 Å². The zero-order chi connectivity index (χ0) is 31.1. The first-order valence-corrected chi connectivity index (χ1v) is 16.1. The number of ether oxygens (including phenoxy) is 2. The predicted molar refractivity (Wildman–Crippen MR) is 175 cm³/mol. The molecule has 3 aromatic carbocycles. The Labute approximate surface area is 268 Å². The predicted octanol–water partition coefficient (Wildman–Crippen LogP) is 6.63. The zero-order valence-corrected chi connectivity index (χ0v) is 26.4. The van der Waals surface area contributed by atoms with Gasteiger partial charge in [-0.1, -0.05) is 35.9 Å². The highest BCUT2D eigenvalue weighted by Gasteiger charge is 2.25. The molecule has 1 atom stereocenters. The molecule has 1 aromatic heterocycles. The SMILES string of the molecule is CS.N#Cc1cc(Cl)ccc1OCc1cccc(CC2CCN(Cc3nc4ccc(C(=O)O)cc4n3CC3CCO3)CC2)c1. The van der Waals surface area contributed by atoms with Crippen LogP contribution in [0.4, 0.5) is 0 Å². The summed E-state index contributed by atoms with van der Waals surface area (Å²) in [5, 5.41) is 19.4. The number of hydrogen-bond acceptors (Lipinski definition) is 7. The van der Waals surface area contributed by atoms with Crippen molar-refractivity contribution in [3.8, 4) is 11.8 Å². The van der Waals surface area contributed by atoms with Gasteiger partial charge in [0, 0.05) is 11.6 Å². The van der Waals surface area contributed by atoms with Crippen molar-refractivity contribution in [3.63, 3.8) is 0 Å². The number of hydrogen-bond donors (Lipinski definition) is 2. The Morgan fingerprint density at radius 3 is 2.59 bits per heavy atom. The van der Waals surface area contributed by atoms with Gasteiger partial charge in [0.15, 0.2) is 0 Å². The van der Waals surface area contributed by atoms with Crippen molar-refractivity contribution in [1.82, 2.24) is 14.5 Å². The van der Waals surface area contributed by atoms with E-state index < -0.39 is 5.97 Å². The first kappa shape index (κ1) is 31.9. The van der Waals surface area contributed by atoms with Gasteiger partial charge in [0.1, 0.15) is 24.3 Å². The van der Waals surface area contributed by atoms with Gasteiger partial charge in [-0.2, -0.15) is 17.9 Å². The molecule has 1 N–H and O–H groups in total. The summed E-state index contributed by atoms with van der Waals surface area (Å²) in [7, 11) is 0. The Hall–Kier alpha value is -3.55. The number of halogens is 1. The van der Waals surface area contributed by atoms with Gasteiger partial charge in [-0.05, 0) is 98.5 Å². The van der Waals surface area contributed by atoms with E-state index in [1.807, 2.05) is 12.1 Å². The Balaban J connectivity index is 0.00000188. The highest BCUT2D eigenvalue weighted by Crippen LogP contribution is 2.27. The van der Waals surface area contributed by atoms with E-state index in [-0.39, 0.29) is 11.7 Å². The number of benzene rings is 3.